The summed E-state index contributed by atoms with van der Waals surface area (Å²) in [6, 6.07) is -1.24. The Labute approximate surface area is 256 Å². The van der Waals surface area contributed by atoms with Gasteiger partial charge in [0.2, 0.25) is 17.7 Å². The summed E-state index contributed by atoms with van der Waals surface area (Å²) < 4.78 is 4.35. The van der Waals surface area contributed by atoms with Crippen LogP contribution in [0.3, 0.4) is 0 Å². The predicted molar refractivity (Wildman–Crippen MR) is 167 cm³/mol. The molecule has 0 aromatic heterocycles. The van der Waals surface area contributed by atoms with E-state index in [1.54, 1.807) is 28.8 Å². The maximum atomic E-state index is 14.8. The van der Waals surface area contributed by atoms with Crippen LogP contribution < -0.4 is 0 Å². The molecule has 1 N–H and O–H groups in total. The van der Waals surface area contributed by atoms with Gasteiger partial charge >= 0.3 is 0 Å². The Morgan fingerprint density at radius 1 is 1.12 bits per heavy atom. The molecule has 0 saturated carbocycles. The molecule has 9 nitrogen and oxygen atoms in total. The molecule has 7 atom stereocenters. The number of amides is 3. The molecule has 0 aromatic carbocycles. The quantitative estimate of drug-likeness (QED) is 0.287. The van der Waals surface area contributed by atoms with Crippen molar-refractivity contribution in [2.24, 2.45) is 17.8 Å². The smallest absolute Gasteiger partial charge is 0.247 e. The number of carbonyl (C=O) groups is 3. The SMILES string of the molecule is C=CCN(CCN1CCOCC1)C(=O)C1N([C@@H](CO)[C@@H](C)CC)C(=O)[C@@H]2[C@@H](C(=O)N(CC=C)CCC)[C@@]3(C)CCC12S3. The number of ether oxygens (including phenoxy) is 1. The fraction of sp³-hybridized carbons (Fsp3) is 0.781. The number of fused-ring (bicyclic) bond motifs is 1. The lowest BCUT2D eigenvalue weighted by atomic mass is 9.66. The van der Waals surface area contributed by atoms with Crippen LogP contribution in [0.5, 0.6) is 0 Å². The van der Waals surface area contributed by atoms with Crippen molar-refractivity contribution in [2.75, 3.05) is 65.6 Å². The first-order valence-electron chi connectivity index (χ1n) is 15.9. The number of aliphatic hydroxyl groups excluding tert-OH is 1. The van der Waals surface area contributed by atoms with Crippen LogP contribution in [0.25, 0.3) is 0 Å². The molecule has 2 bridgehead atoms. The van der Waals surface area contributed by atoms with Gasteiger partial charge < -0.3 is 24.5 Å². The van der Waals surface area contributed by atoms with Crippen molar-refractivity contribution in [2.45, 2.75) is 75.0 Å². The van der Waals surface area contributed by atoms with Gasteiger partial charge in [0.25, 0.3) is 0 Å². The molecule has 4 aliphatic rings. The van der Waals surface area contributed by atoms with Gasteiger partial charge in [-0.15, -0.1) is 24.9 Å². The first-order chi connectivity index (χ1) is 20.1. The molecule has 4 aliphatic heterocycles. The lowest BCUT2D eigenvalue weighted by molar-refractivity contribution is -0.148. The fourth-order valence-corrected chi connectivity index (χ4v) is 10.1. The number of hydrogen-bond acceptors (Lipinski definition) is 7. The zero-order chi connectivity index (χ0) is 30.7. The second kappa shape index (κ2) is 13.8. The highest BCUT2D eigenvalue weighted by Crippen LogP contribution is 2.72. The second-order valence-electron chi connectivity index (χ2n) is 12.7. The van der Waals surface area contributed by atoms with E-state index in [9.17, 15) is 19.5 Å². The van der Waals surface area contributed by atoms with Crippen LogP contribution in [0.1, 0.15) is 53.4 Å². The molecule has 0 aromatic rings. The number of aliphatic hydroxyl groups is 1. The zero-order valence-electron chi connectivity index (χ0n) is 26.1. The summed E-state index contributed by atoms with van der Waals surface area (Å²) in [4.78, 5) is 51.4. The summed E-state index contributed by atoms with van der Waals surface area (Å²) in [5, 5.41) is 10.7. The molecule has 3 amide bonds. The molecule has 2 unspecified atom stereocenters. The largest absolute Gasteiger partial charge is 0.394 e. The first-order valence-corrected chi connectivity index (χ1v) is 16.7. The van der Waals surface area contributed by atoms with Gasteiger partial charge in [-0.2, -0.15) is 0 Å². The third kappa shape index (κ3) is 5.81. The summed E-state index contributed by atoms with van der Waals surface area (Å²) in [6.45, 7) is 21.5. The second-order valence-corrected chi connectivity index (χ2v) is 14.6. The van der Waals surface area contributed by atoms with E-state index in [-0.39, 0.29) is 30.2 Å². The summed E-state index contributed by atoms with van der Waals surface area (Å²) in [7, 11) is 0. The maximum Gasteiger partial charge on any atom is 0.247 e. The van der Waals surface area contributed by atoms with Crippen molar-refractivity contribution in [3.63, 3.8) is 0 Å². The molecule has 4 fully saturated rings. The van der Waals surface area contributed by atoms with Gasteiger partial charge in [0.15, 0.2) is 0 Å². The molecule has 10 heteroatoms. The molecule has 4 rings (SSSR count). The van der Waals surface area contributed by atoms with E-state index in [1.807, 2.05) is 30.6 Å². The van der Waals surface area contributed by atoms with Crippen molar-refractivity contribution in [3.05, 3.63) is 25.3 Å². The number of carbonyl (C=O) groups excluding carboxylic acids is 3. The normalized spacial score (nSPS) is 32.0. The van der Waals surface area contributed by atoms with Crippen LogP contribution in [0, 0.1) is 17.8 Å². The van der Waals surface area contributed by atoms with Crippen molar-refractivity contribution < 1.29 is 24.2 Å². The monoisotopic (exact) mass is 604 g/mol. The number of likely N-dealkylation sites (tertiary alicyclic amines) is 1. The number of nitrogens with zero attached hydrogens (tertiary/aromatic N) is 4. The van der Waals surface area contributed by atoms with Gasteiger partial charge in [-0.1, -0.05) is 39.3 Å². The van der Waals surface area contributed by atoms with Gasteiger partial charge in [0.1, 0.15) is 6.04 Å². The van der Waals surface area contributed by atoms with Gasteiger partial charge in [-0.25, -0.2) is 0 Å². The predicted octanol–water partition coefficient (Wildman–Crippen LogP) is 2.65. The Morgan fingerprint density at radius 2 is 1.76 bits per heavy atom. The lowest BCUT2D eigenvalue weighted by Crippen LogP contribution is -2.59. The molecule has 42 heavy (non-hydrogen) atoms. The standard InChI is InChI=1S/C32H52N4O5S/c1-7-13-34(14-8-2)28(38)25-26-29(39)36(24(22-37)23(5)10-4)27(32(26)12-11-31(25,6)42-32)30(40)35(15-9-3)17-16-33-18-20-41-21-19-33/h7,9,23-27,37H,1,3,8,10-22H2,2,4-6H3/t23-,24-,25-,26-,27?,31+,32?/m0/s1. The van der Waals surface area contributed by atoms with E-state index >= 15 is 0 Å². The Morgan fingerprint density at radius 3 is 2.33 bits per heavy atom. The zero-order valence-corrected chi connectivity index (χ0v) is 26.9. The number of rotatable bonds is 15. The van der Waals surface area contributed by atoms with Gasteiger partial charge in [0.05, 0.1) is 42.4 Å². The topological polar surface area (TPSA) is 93.6 Å². The number of hydrogen-bond donors (Lipinski definition) is 1. The highest BCUT2D eigenvalue weighted by atomic mass is 32.2. The molecule has 236 valence electrons. The lowest BCUT2D eigenvalue weighted by Gasteiger charge is -2.41. The van der Waals surface area contributed by atoms with Crippen LogP contribution in [0.4, 0.5) is 0 Å². The Bertz CT molecular complexity index is 1020. The Hall–Kier alpha value is -1.88. The van der Waals surface area contributed by atoms with Crippen LogP contribution in [-0.2, 0) is 19.1 Å². The summed E-state index contributed by atoms with van der Waals surface area (Å²) in [5.41, 5.74) is 0. The molecule has 0 radical (unpaired) electrons. The fourth-order valence-electron chi connectivity index (χ4n) is 7.81. The van der Waals surface area contributed by atoms with E-state index in [4.69, 9.17) is 4.74 Å². The third-order valence-electron chi connectivity index (χ3n) is 10.2. The minimum atomic E-state index is -0.741. The minimum Gasteiger partial charge on any atom is -0.394 e. The maximum absolute atomic E-state index is 14.8. The van der Waals surface area contributed by atoms with E-state index in [0.29, 0.717) is 52.4 Å². The van der Waals surface area contributed by atoms with Gasteiger partial charge in [0, 0.05) is 50.6 Å². The average Bonchev–Trinajstić information content (AvgIpc) is 3.56. The van der Waals surface area contributed by atoms with Crippen LogP contribution in [0.2, 0.25) is 0 Å². The molecular formula is C32H52N4O5S. The minimum absolute atomic E-state index is 0.00465. The highest BCUT2D eigenvalue weighted by Gasteiger charge is 2.78. The number of morpholine rings is 1. The summed E-state index contributed by atoms with van der Waals surface area (Å²) in [5.74, 6) is -1.39. The third-order valence-corrected chi connectivity index (χ3v) is 12.2. The molecule has 4 saturated heterocycles. The molecule has 4 heterocycles. The molecule has 0 aliphatic carbocycles. The van der Waals surface area contributed by atoms with Crippen molar-refractivity contribution in [3.8, 4) is 0 Å². The summed E-state index contributed by atoms with van der Waals surface area (Å²) >= 11 is 1.70. The van der Waals surface area contributed by atoms with E-state index in [0.717, 1.165) is 32.4 Å². The van der Waals surface area contributed by atoms with Crippen LogP contribution in [0.15, 0.2) is 25.3 Å². The van der Waals surface area contributed by atoms with E-state index in [2.05, 4.69) is 25.0 Å². The van der Waals surface area contributed by atoms with Gasteiger partial charge in [-0.05, 0) is 32.1 Å². The Balaban J connectivity index is 1.75. The average molecular weight is 605 g/mol. The van der Waals surface area contributed by atoms with Crippen molar-refractivity contribution in [1.29, 1.82) is 0 Å². The Kier molecular flexibility index (Phi) is 10.9. The van der Waals surface area contributed by atoms with Crippen molar-refractivity contribution in [1.82, 2.24) is 19.6 Å². The molecule has 1 spiro atoms. The van der Waals surface area contributed by atoms with Crippen molar-refractivity contribution >= 4 is 29.5 Å². The van der Waals surface area contributed by atoms with Crippen LogP contribution in [-0.4, -0.2) is 130 Å². The summed E-state index contributed by atoms with van der Waals surface area (Å²) in [6.07, 6.45) is 6.53. The van der Waals surface area contributed by atoms with Crippen LogP contribution >= 0.6 is 11.8 Å². The van der Waals surface area contributed by atoms with E-state index in [1.165, 1.54) is 0 Å². The number of thioether (sulfide) groups is 1. The van der Waals surface area contributed by atoms with Gasteiger partial charge in [-0.3, -0.25) is 19.3 Å². The first kappa shape index (κ1) is 33.0. The molecular weight excluding hydrogens is 552 g/mol. The highest BCUT2D eigenvalue weighted by molar-refractivity contribution is 8.02. The van der Waals surface area contributed by atoms with E-state index < -0.39 is 33.4 Å².